The molecule has 0 saturated heterocycles. The zero-order chi connectivity index (χ0) is 14.2. The second-order valence-corrected chi connectivity index (χ2v) is 6.15. The largest absolute Gasteiger partial charge is 0.306 e. The third-order valence-corrected chi connectivity index (χ3v) is 3.88. The molecule has 0 bridgehead atoms. The number of aromatic nitrogens is 4. The van der Waals surface area contributed by atoms with E-state index in [1.54, 1.807) is 6.20 Å². The maximum Gasteiger partial charge on any atom is 0.264 e. The van der Waals surface area contributed by atoms with Crippen LogP contribution in [0.2, 0.25) is 0 Å². The average Bonchev–Trinajstić information content (AvgIpc) is 2.81. The number of hydrogen-bond acceptors (Lipinski definition) is 3. The molecule has 0 fully saturated rings. The first kappa shape index (κ1) is 14.2. The normalized spacial score (nSPS) is 11.5. The molecule has 19 heavy (non-hydrogen) atoms. The number of rotatable bonds is 3. The Hall–Kier alpha value is -1.18. The number of hydrogen-bond donors (Lipinski definition) is 1. The lowest BCUT2D eigenvalue weighted by Gasteiger charge is -2.08. The molecular formula is C13H17IN4O. The van der Waals surface area contributed by atoms with E-state index in [9.17, 15) is 4.79 Å². The average molecular weight is 372 g/mol. The van der Waals surface area contributed by atoms with E-state index >= 15 is 0 Å². The summed E-state index contributed by atoms with van der Waals surface area (Å²) in [4.78, 5) is 19.3. The number of nitrogens with zero attached hydrogens (tertiary/aromatic N) is 3. The van der Waals surface area contributed by atoms with Gasteiger partial charge in [0.2, 0.25) is 0 Å². The van der Waals surface area contributed by atoms with Crippen LogP contribution in [0.4, 0.5) is 0 Å². The van der Waals surface area contributed by atoms with Crippen molar-refractivity contribution in [3.8, 4) is 11.4 Å². The molecule has 2 aromatic heterocycles. The van der Waals surface area contributed by atoms with Crippen molar-refractivity contribution >= 4 is 22.6 Å². The zero-order valence-electron chi connectivity index (χ0n) is 11.4. The third kappa shape index (κ3) is 2.88. The van der Waals surface area contributed by atoms with Gasteiger partial charge in [0.15, 0.2) is 0 Å². The van der Waals surface area contributed by atoms with Crippen LogP contribution in [0.15, 0.2) is 17.2 Å². The second kappa shape index (κ2) is 5.44. The number of H-pyrrole nitrogens is 1. The highest BCUT2D eigenvalue weighted by Crippen LogP contribution is 2.20. The summed E-state index contributed by atoms with van der Waals surface area (Å²) in [6.07, 6.45) is 3.63. The van der Waals surface area contributed by atoms with Crippen molar-refractivity contribution < 1.29 is 0 Å². The molecular weight excluding hydrogens is 355 g/mol. The van der Waals surface area contributed by atoms with E-state index in [1.165, 1.54) is 0 Å². The van der Waals surface area contributed by atoms with Gasteiger partial charge in [-0.25, -0.2) is 4.98 Å². The highest BCUT2D eigenvalue weighted by molar-refractivity contribution is 14.1. The fourth-order valence-corrected chi connectivity index (χ4v) is 2.62. The molecule has 0 amide bonds. The van der Waals surface area contributed by atoms with Crippen molar-refractivity contribution in [1.29, 1.82) is 0 Å². The molecule has 6 heteroatoms. The van der Waals surface area contributed by atoms with Gasteiger partial charge >= 0.3 is 0 Å². The van der Waals surface area contributed by atoms with Gasteiger partial charge in [0.1, 0.15) is 5.82 Å². The molecule has 0 aliphatic rings. The Kier molecular flexibility index (Phi) is 4.07. The Morgan fingerprint density at radius 3 is 2.53 bits per heavy atom. The lowest BCUT2D eigenvalue weighted by atomic mass is 10.1. The van der Waals surface area contributed by atoms with Gasteiger partial charge in [-0.2, -0.15) is 5.10 Å². The van der Waals surface area contributed by atoms with E-state index in [-0.39, 0.29) is 17.5 Å². The van der Waals surface area contributed by atoms with E-state index in [1.807, 2.05) is 47.3 Å². The number of aromatic amines is 1. The zero-order valence-corrected chi connectivity index (χ0v) is 13.6. The fourth-order valence-electron chi connectivity index (χ4n) is 1.74. The van der Waals surface area contributed by atoms with Gasteiger partial charge in [-0.3, -0.25) is 9.48 Å². The summed E-state index contributed by atoms with van der Waals surface area (Å²) in [5, 5.41) is 4.27. The summed E-state index contributed by atoms with van der Waals surface area (Å²) in [5.41, 5.74) is 1.58. The molecule has 5 nitrogen and oxygen atoms in total. The predicted molar refractivity (Wildman–Crippen MR) is 83.3 cm³/mol. The first-order chi connectivity index (χ1) is 8.90. The van der Waals surface area contributed by atoms with Crippen molar-refractivity contribution in [2.45, 2.75) is 39.7 Å². The highest BCUT2D eigenvalue weighted by atomic mass is 127. The summed E-state index contributed by atoms with van der Waals surface area (Å²) in [6, 6.07) is 0.286. The number of halogens is 1. The Morgan fingerprint density at radius 1 is 1.32 bits per heavy atom. The van der Waals surface area contributed by atoms with E-state index in [0.29, 0.717) is 9.39 Å². The van der Waals surface area contributed by atoms with Gasteiger partial charge in [0.25, 0.3) is 5.56 Å². The Labute approximate surface area is 125 Å². The summed E-state index contributed by atoms with van der Waals surface area (Å²) in [5.74, 6) is 0.800. The molecule has 2 rings (SSSR count). The van der Waals surface area contributed by atoms with E-state index < -0.39 is 0 Å². The minimum absolute atomic E-state index is 0.0911. The standard InChI is InChI=1S/C13H17IN4O/c1-7(2)11-10(14)13(19)17-12(16-11)9-5-15-18(6-9)8(3)4/h5-8H,1-4H3,(H,16,17,19). The van der Waals surface area contributed by atoms with Gasteiger partial charge in [0.05, 0.1) is 21.0 Å². The van der Waals surface area contributed by atoms with Crippen molar-refractivity contribution in [1.82, 2.24) is 19.7 Å². The molecule has 0 atom stereocenters. The topological polar surface area (TPSA) is 63.6 Å². The Morgan fingerprint density at radius 2 is 2.00 bits per heavy atom. The molecule has 0 aliphatic heterocycles. The summed E-state index contributed by atoms with van der Waals surface area (Å²) in [6.45, 7) is 8.18. The first-order valence-electron chi connectivity index (χ1n) is 6.24. The van der Waals surface area contributed by atoms with Crippen LogP contribution < -0.4 is 5.56 Å². The van der Waals surface area contributed by atoms with Crippen LogP contribution in [0.25, 0.3) is 11.4 Å². The number of nitrogens with one attached hydrogen (secondary N) is 1. The molecule has 0 spiro atoms. The summed E-state index contributed by atoms with van der Waals surface area (Å²) >= 11 is 2.04. The monoisotopic (exact) mass is 372 g/mol. The van der Waals surface area contributed by atoms with Crippen molar-refractivity contribution in [2.24, 2.45) is 0 Å². The van der Waals surface area contributed by atoms with Crippen LogP contribution in [-0.4, -0.2) is 19.7 Å². The van der Waals surface area contributed by atoms with Crippen molar-refractivity contribution in [2.75, 3.05) is 0 Å². The summed E-state index contributed by atoms with van der Waals surface area (Å²) in [7, 11) is 0. The molecule has 2 aromatic rings. The van der Waals surface area contributed by atoms with E-state index in [0.717, 1.165) is 11.3 Å². The van der Waals surface area contributed by atoms with E-state index in [2.05, 4.69) is 28.9 Å². The van der Waals surface area contributed by atoms with Gasteiger partial charge in [-0.1, -0.05) is 13.8 Å². The van der Waals surface area contributed by atoms with Gasteiger partial charge in [-0.15, -0.1) is 0 Å². The van der Waals surface area contributed by atoms with Crippen LogP contribution in [0.1, 0.15) is 45.3 Å². The lowest BCUT2D eigenvalue weighted by molar-refractivity contribution is 0.532. The van der Waals surface area contributed by atoms with E-state index in [4.69, 9.17) is 0 Å². The smallest absolute Gasteiger partial charge is 0.264 e. The Bertz CT molecular complexity index is 642. The molecule has 102 valence electrons. The third-order valence-electron chi connectivity index (χ3n) is 2.84. The van der Waals surface area contributed by atoms with Crippen molar-refractivity contribution in [3.05, 3.63) is 32.0 Å². The van der Waals surface area contributed by atoms with Crippen LogP contribution in [-0.2, 0) is 0 Å². The summed E-state index contributed by atoms with van der Waals surface area (Å²) < 4.78 is 2.51. The maximum atomic E-state index is 11.9. The Balaban J connectivity index is 2.53. The lowest BCUT2D eigenvalue weighted by Crippen LogP contribution is -2.17. The first-order valence-corrected chi connectivity index (χ1v) is 7.32. The second-order valence-electron chi connectivity index (χ2n) is 5.07. The highest BCUT2D eigenvalue weighted by Gasteiger charge is 2.14. The molecule has 0 unspecified atom stereocenters. The molecule has 0 radical (unpaired) electrons. The molecule has 2 heterocycles. The van der Waals surface area contributed by atoms with Crippen LogP contribution in [0, 0.1) is 3.57 Å². The molecule has 1 N–H and O–H groups in total. The van der Waals surface area contributed by atoms with Crippen molar-refractivity contribution in [3.63, 3.8) is 0 Å². The molecule has 0 saturated carbocycles. The van der Waals surface area contributed by atoms with Crippen LogP contribution >= 0.6 is 22.6 Å². The quantitative estimate of drug-likeness (QED) is 0.843. The minimum Gasteiger partial charge on any atom is -0.306 e. The van der Waals surface area contributed by atoms with Crippen LogP contribution in [0.3, 0.4) is 0 Å². The maximum absolute atomic E-state index is 11.9. The predicted octanol–water partition coefficient (Wildman–Crippen LogP) is 2.94. The van der Waals surface area contributed by atoms with Crippen LogP contribution in [0.5, 0.6) is 0 Å². The van der Waals surface area contributed by atoms with Gasteiger partial charge in [-0.05, 0) is 42.4 Å². The SMILES string of the molecule is CC(C)c1nc(-c2cnn(C(C)C)c2)[nH]c(=O)c1I. The molecule has 0 aromatic carbocycles. The van der Waals surface area contributed by atoms with Gasteiger partial charge in [0, 0.05) is 12.2 Å². The fraction of sp³-hybridized carbons (Fsp3) is 0.462. The van der Waals surface area contributed by atoms with Gasteiger partial charge < -0.3 is 4.98 Å². The minimum atomic E-state index is -0.0911. The molecule has 0 aliphatic carbocycles.